The normalized spacial score (nSPS) is 24.1. The van der Waals surface area contributed by atoms with E-state index >= 15 is 0 Å². The Morgan fingerprint density at radius 1 is 1.44 bits per heavy atom. The quantitative estimate of drug-likeness (QED) is 0.638. The summed E-state index contributed by atoms with van der Waals surface area (Å²) in [6.07, 6.45) is 2.91. The molecule has 5 heteroatoms. The van der Waals surface area contributed by atoms with Gasteiger partial charge < -0.3 is 10.6 Å². The Kier molecular flexibility index (Phi) is 3.76. The van der Waals surface area contributed by atoms with Crippen molar-refractivity contribution in [1.29, 1.82) is 5.41 Å². The van der Waals surface area contributed by atoms with Crippen molar-refractivity contribution in [2.24, 2.45) is 17.6 Å². The van der Waals surface area contributed by atoms with Crippen molar-refractivity contribution in [3.05, 3.63) is 22.8 Å². The molecule has 1 aliphatic rings. The number of piperidine rings is 1. The summed E-state index contributed by atoms with van der Waals surface area (Å²) in [7, 11) is 0. The van der Waals surface area contributed by atoms with Crippen LogP contribution < -0.4 is 10.6 Å². The maximum Gasteiger partial charge on any atom is 0.148 e. The number of nitrogens with zero attached hydrogens (tertiary/aromatic N) is 2. The van der Waals surface area contributed by atoms with Gasteiger partial charge in [0.1, 0.15) is 11.7 Å². The smallest absolute Gasteiger partial charge is 0.148 e. The van der Waals surface area contributed by atoms with E-state index in [0.717, 1.165) is 18.9 Å². The van der Waals surface area contributed by atoms with Crippen LogP contribution in [0.3, 0.4) is 0 Å². The highest BCUT2D eigenvalue weighted by molar-refractivity contribution is 6.36. The number of pyridine rings is 1. The molecule has 0 saturated carbocycles. The van der Waals surface area contributed by atoms with Gasteiger partial charge in [-0.15, -0.1) is 0 Å². The van der Waals surface area contributed by atoms with Crippen molar-refractivity contribution >= 4 is 23.3 Å². The van der Waals surface area contributed by atoms with E-state index < -0.39 is 0 Å². The molecule has 3 N–H and O–H groups in total. The summed E-state index contributed by atoms with van der Waals surface area (Å²) in [4.78, 5) is 6.56. The molecule has 0 spiro atoms. The van der Waals surface area contributed by atoms with Crippen LogP contribution in [-0.4, -0.2) is 23.9 Å². The number of amidine groups is 1. The molecule has 0 amide bonds. The van der Waals surface area contributed by atoms with Crippen molar-refractivity contribution in [1.82, 2.24) is 4.98 Å². The van der Waals surface area contributed by atoms with Crippen LogP contribution >= 0.6 is 11.6 Å². The molecule has 2 heterocycles. The summed E-state index contributed by atoms with van der Waals surface area (Å²) >= 11 is 6.31. The summed E-state index contributed by atoms with van der Waals surface area (Å²) in [5, 5.41) is 8.01. The average molecular weight is 267 g/mol. The number of anilines is 1. The Morgan fingerprint density at radius 2 is 2.06 bits per heavy atom. The predicted molar refractivity (Wildman–Crippen MR) is 75.4 cm³/mol. The second-order valence-corrected chi connectivity index (χ2v) is 5.64. The number of halogens is 1. The van der Waals surface area contributed by atoms with E-state index in [1.54, 1.807) is 12.3 Å². The maximum absolute atomic E-state index is 7.51. The van der Waals surface area contributed by atoms with Crippen LogP contribution in [0.4, 0.5) is 5.82 Å². The van der Waals surface area contributed by atoms with Gasteiger partial charge in [-0.3, -0.25) is 5.41 Å². The van der Waals surface area contributed by atoms with Crippen LogP contribution in [-0.2, 0) is 0 Å². The van der Waals surface area contributed by atoms with Gasteiger partial charge in [0, 0.05) is 24.8 Å². The van der Waals surface area contributed by atoms with E-state index in [2.05, 4.69) is 23.7 Å². The third-order valence-electron chi connectivity index (χ3n) is 3.33. The molecule has 0 bridgehead atoms. The highest BCUT2D eigenvalue weighted by Crippen LogP contribution is 2.31. The fourth-order valence-electron chi connectivity index (χ4n) is 2.70. The molecule has 2 rings (SSSR count). The zero-order valence-electron chi connectivity index (χ0n) is 10.8. The minimum Gasteiger partial charge on any atom is -0.384 e. The van der Waals surface area contributed by atoms with Gasteiger partial charge in [0.15, 0.2) is 0 Å². The van der Waals surface area contributed by atoms with Gasteiger partial charge in [-0.1, -0.05) is 25.4 Å². The summed E-state index contributed by atoms with van der Waals surface area (Å²) in [5.74, 6) is 2.00. The lowest BCUT2D eigenvalue weighted by Crippen LogP contribution is -2.39. The van der Waals surface area contributed by atoms with E-state index in [0.29, 0.717) is 22.4 Å². The van der Waals surface area contributed by atoms with Crippen LogP contribution in [0.2, 0.25) is 5.02 Å². The Balaban J connectivity index is 2.33. The van der Waals surface area contributed by atoms with E-state index in [1.807, 2.05) is 0 Å². The molecule has 2 unspecified atom stereocenters. The first-order valence-corrected chi connectivity index (χ1v) is 6.60. The largest absolute Gasteiger partial charge is 0.384 e. The first-order chi connectivity index (χ1) is 8.49. The Hall–Kier alpha value is -1.29. The molecule has 1 aromatic heterocycles. The highest BCUT2D eigenvalue weighted by atomic mass is 35.5. The van der Waals surface area contributed by atoms with Crippen molar-refractivity contribution in [3.63, 3.8) is 0 Å². The van der Waals surface area contributed by atoms with Crippen LogP contribution in [0.1, 0.15) is 25.8 Å². The van der Waals surface area contributed by atoms with Crippen LogP contribution in [0, 0.1) is 17.2 Å². The molecule has 1 aromatic rings. The van der Waals surface area contributed by atoms with Crippen LogP contribution in [0.25, 0.3) is 0 Å². The number of rotatable bonds is 2. The van der Waals surface area contributed by atoms with Gasteiger partial charge in [-0.25, -0.2) is 4.98 Å². The standard InChI is InChI=1S/C13H19ClN4/c1-8-5-9(2)7-18(6-8)13-11(14)10(12(15)16)3-4-17-13/h3-4,8-9H,5-7H2,1-2H3,(H3,15,16). The first-order valence-electron chi connectivity index (χ1n) is 6.23. The third-order valence-corrected chi connectivity index (χ3v) is 3.70. The highest BCUT2D eigenvalue weighted by Gasteiger charge is 2.25. The zero-order chi connectivity index (χ0) is 13.3. The number of hydrogen-bond acceptors (Lipinski definition) is 3. The maximum atomic E-state index is 7.51. The molecule has 0 radical (unpaired) electrons. The lowest BCUT2D eigenvalue weighted by atomic mass is 9.92. The molecule has 1 aliphatic heterocycles. The molecule has 0 aromatic carbocycles. The Morgan fingerprint density at radius 3 is 2.61 bits per heavy atom. The molecule has 0 aliphatic carbocycles. The summed E-state index contributed by atoms with van der Waals surface area (Å²) in [6.45, 7) is 6.40. The molecule has 98 valence electrons. The van der Waals surface area contributed by atoms with E-state index in [4.69, 9.17) is 22.7 Å². The van der Waals surface area contributed by atoms with Crippen molar-refractivity contribution in [2.45, 2.75) is 20.3 Å². The fraction of sp³-hybridized carbons (Fsp3) is 0.538. The van der Waals surface area contributed by atoms with Gasteiger partial charge in [-0.05, 0) is 24.3 Å². The molecule has 18 heavy (non-hydrogen) atoms. The first kappa shape index (κ1) is 13.1. The van der Waals surface area contributed by atoms with Gasteiger partial charge >= 0.3 is 0 Å². The number of nitrogens with one attached hydrogen (secondary N) is 1. The summed E-state index contributed by atoms with van der Waals surface area (Å²) in [6, 6.07) is 1.69. The molecular weight excluding hydrogens is 248 g/mol. The summed E-state index contributed by atoms with van der Waals surface area (Å²) < 4.78 is 0. The van der Waals surface area contributed by atoms with Crippen molar-refractivity contribution < 1.29 is 0 Å². The predicted octanol–water partition coefficient (Wildman–Crippen LogP) is 2.50. The lowest BCUT2D eigenvalue weighted by Gasteiger charge is -2.36. The van der Waals surface area contributed by atoms with Crippen LogP contribution in [0.15, 0.2) is 12.3 Å². The second kappa shape index (κ2) is 5.14. The summed E-state index contributed by atoms with van der Waals surface area (Å²) in [5.41, 5.74) is 6.08. The van der Waals surface area contributed by atoms with Gasteiger partial charge in [0.05, 0.1) is 5.02 Å². The molecule has 1 fully saturated rings. The third kappa shape index (κ3) is 2.58. The Bertz CT molecular complexity index is 450. The van der Waals surface area contributed by atoms with Gasteiger partial charge in [0.25, 0.3) is 0 Å². The Labute approximate surface area is 113 Å². The second-order valence-electron chi connectivity index (χ2n) is 5.26. The topological polar surface area (TPSA) is 66.0 Å². The fourth-order valence-corrected chi connectivity index (χ4v) is 3.03. The zero-order valence-corrected chi connectivity index (χ0v) is 11.5. The van der Waals surface area contributed by atoms with Gasteiger partial charge in [-0.2, -0.15) is 0 Å². The minimum absolute atomic E-state index is 0.0123. The van der Waals surface area contributed by atoms with Gasteiger partial charge in [0.2, 0.25) is 0 Å². The minimum atomic E-state index is -0.0123. The number of nitrogens with two attached hydrogens (primary N) is 1. The molecule has 4 nitrogen and oxygen atoms in total. The number of aromatic nitrogens is 1. The molecular formula is C13H19ClN4. The molecule has 2 atom stereocenters. The number of nitrogen functional groups attached to an aromatic ring is 1. The average Bonchev–Trinajstić information content (AvgIpc) is 2.27. The van der Waals surface area contributed by atoms with Crippen molar-refractivity contribution in [2.75, 3.05) is 18.0 Å². The lowest BCUT2D eigenvalue weighted by molar-refractivity contribution is 0.355. The van der Waals surface area contributed by atoms with E-state index in [-0.39, 0.29) is 5.84 Å². The van der Waals surface area contributed by atoms with E-state index in [9.17, 15) is 0 Å². The van der Waals surface area contributed by atoms with Crippen LogP contribution in [0.5, 0.6) is 0 Å². The SMILES string of the molecule is CC1CC(C)CN(c2nccc(C(=N)N)c2Cl)C1. The van der Waals surface area contributed by atoms with Crippen molar-refractivity contribution in [3.8, 4) is 0 Å². The van der Waals surface area contributed by atoms with E-state index in [1.165, 1.54) is 6.42 Å². The molecule has 1 saturated heterocycles. The monoisotopic (exact) mass is 266 g/mol. The number of hydrogen-bond donors (Lipinski definition) is 2.